The van der Waals surface area contributed by atoms with Crippen LogP contribution in [-0.4, -0.2) is 4.98 Å². The van der Waals surface area contributed by atoms with Crippen LogP contribution in [0.15, 0.2) is 41.3 Å². The third-order valence-electron chi connectivity index (χ3n) is 1.95. The van der Waals surface area contributed by atoms with Crippen molar-refractivity contribution in [2.45, 2.75) is 6.54 Å². The summed E-state index contributed by atoms with van der Waals surface area (Å²) in [6.07, 6.45) is 4.84. The topological polar surface area (TPSA) is 61.9 Å². The van der Waals surface area contributed by atoms with E-state index in [4.69, 9.17) is 9.68 Å². The fraction of sp³-hybridized carbons (Fsp3) is 0.0909. The number of nitriles is 1. The summed E-state index contributed by atoms with van der Waals surface area (Å²) in [5, 5.41) is 11.7. The van der Waals surface area contributed by atoms with E-state index in [0.717, 1.165) is 11.4 Å². The molecule has 0 saturated carbocycles. The van der Waals surface area contributed by atoms with E-state index in [1.165, 1.54) is 6.20 Å². The Hall–Kier alpha value is -2.28. The van der Waals surface area contributed by atoms with Crippen molar-refractivity contribution in [3.8, 4) is 6.07 Å². The number of nitrogens with zero attached hydrogens (tertiary/aromatic N) is 2. The first-order chi connectivity index (χ1) is 7.38. The molecule has 2 rings (SSSR count). The van der Waals surface area contributed by atoms with E-state index in [0.29, 0.717) is 12.1 Å². The van der Waals surface area contributed by atoms with Crippen LogP contribution in [0.3, 0.4) is 0 Å². The zero-order valence-corrected chi connectivity index (χ0v) is 7.97. The van der Waals surface area contributed by atoms with Crippen LogP contribution < -0.4 is 5.32 Å². The molecule has 0 aromatic carbocycles. The molecule has 4 heteroatoms. The normalized spacial score (nSPS) is 9.53. The lowest BCUT2D eigenvalue weighted by Crippen LogP contribution is -1.99. The Labute approximate surface area is 87.2 Å². The molecule has 0 amide bonds. The van der Waals surface area contributed by atoms with Crippen molar-refractivity contribution in [2.75, 3.05) is 5.32 Å². The smallest absolute Gasteiger partial charge is 0.126 e. The molecule has 0 radical (unpaired) electrons. The highest BCUT2D eigenvalue weighted by Gasteiger charge is 1.96. The molecule has 0 aliphatic rings. The fourth-order valence-electron chi connectivity index (χ4n) is 1.15. The van der Waals surface area contributed by atoms with Gasteiger partial charge in [0.2, 0.25) is 0 Å². The van der Waals surface area contributed by atoms with Gasteiger partial charge >= 0.3 is 0 Å². The maximum Gasteiger partial charge on any atom is 0.126 e. The molecule has 2 heterocycles. The number of hydrogen-bond acceptors (Lipinski definition) is 4. The minimum atomic E-state index is 0.559. The lowest BCUT2D eigenvalue weighted by Gasteiger charge is -2.02. The molecule has 0 aliphatic heterocycles. The van der Waals surface area contributed by atoms with Gasteiger partial charge in [-0.2, -0.15) is 5.26 Å². The Bertz CT molecular complexity index is 454. The Balaban J connectivity index is 1.97. The quantitative estimate of drug-likeness (QED) is 0.822. The van der Waals surface area contributed by atoms with Gasteiger partial charge in [-0.25, -0.2) is 4.98 Å². The molecular formula is C11H9N3O. The Morgan fingerprint density at radius 3 is 2.93 bits per heavy atom. The number of anilines is 1. The van der Waals surface area contributed by atoms with E-state index in [1.807, 2.05) is 12.1 Å². The van der Waals surface area contributed by atoms with Gasteiger partial charge in [-0.3, -0.25) is 0 Å². The Kier molecular flexibility index (Phi) is 2.65. The Morgan fingerprint density at radius 1 is 1.40 bits per heavy atom. The summed E-state index contributed by atoms with van der Waals surface area (Å²) < 4.78 is 4.94. The third kappa shape index (κ3) is 2.35. The van der Waals surface area contributed by atoms with E-state index in [2.05, 4.69) is 10.3 Å². The number of pyridine rings is 1. The number of rotatable bonds is 3. The monoisotopic (exact) mass is 199 g/mol. The second kappa shape index (κ2) is 4.29. The maximum atomic E-state index is 8.59. The molecule has 74 valence electrons. The van der Waals surface area contributed by atoms with Gasteiger partial charge in [0.15, 0.2) is 0 Å². The highest BCUT2D eigenvalue weighted by atomic mass is 16.3. The van der Waals surface area contributed by atoms with Crippen LogP contribution in [0.25, 0.3) is 0 Å². The van der Waals surface area contributed by atoms with Crippen molar-refractivity contribution >= 4 is 5.82 Å². The zero-order valence-electron chi connectivity index (χ0n) is 7.97. The van der Waals surface area contributed by atoms with Crippen LogP contribution in [0.1, 0.15) is 11.1 Å². The third-order valence-corrected chi connectivity index (χ3v) is 1.95. The number of hydrogen-bond donors (Lipinski definition) is 1. The molecule has 0 fully saturated rings. The Morgan fingerprint density at radius 2 is 2.33 bits per heavy atom. The zero-order chi connectivity index (χ0) is 10.5. The lowest BCUT2D eigenvalue weighted by atomic mass is 10.3. The standard InChI is InChI=1S/C11H9N3O/c12-5-9-1-2-11(13-6-9)14-7-10-3-4-15-8-10/h1-4,6,8H,7H2,(H,13,14). The lowest BCUT2D eigenvalue weighted by molar-refractivity contribution is 0.564. The van der Waals surface area contributed by atoms with Crippen molar-refractivity contribution in [1.29, 1.82) is 5.26 Å². The molecule has 0 saturated heterocycles. The fourth-order valence-corrected chi connectivity index (χ4v) is 1.15. The van der Waals surface area contributed by atoms with Crippen molar-refractivity contribution in [3.05, 3.63) is 48.0 Å². The van der Waals surface area contributed by atoms with Crippen molar-refractivity contribution < 1.29 is 4.42 Å². The van der Waals surface area contributed by atoms with E-state index in [1.54, 1.807) is 24.7 Å². The average Bonchev–Trinajstić information content (AvgIpc) is 2.80. The van der Waals surface area contributed by atoms with Gasteiger partial charge < -0.3 is 9.73 Å². The molecule has 4 nitrogen and oxygen atoms in total. The first-order valence-electron chi connectivity index (χ1n) is 4.49. The van der Waals surface area contributed by atoms with E-state index < -0.39 is 0 Å². The van der Waals surface area contributed by atoms with Gasteiger partial charge in [0.05, 0.1) is 18.1 Å². The predicted octanol–water partition coefficient (Wildman–Crippen LogP) is 2.16. The molecule has 15 heavy (non-hydrogen) atoms. The minimum Gasteiger partial charge on any atom is -0.472 e. The van der Waals surface area contributed by atoms with Gasteiger partial charge in [-0.1, -0.05) is 0 Å². The van der Waals surface area contributed by atoms with Crippen LogP contribution in [-0.2, 0) is 6.54 Å². The van der Waals surface area contributed by atoms with Crippen molar-refractivity contribution in [3.63, 3.8) is 0 Å². The van der Waals surface area contributed by atoms with Gasteiger partial charge in [-0.05, 0) is 18.2 Å². The summed E-state index contributed by atoms with van der Waals surface area (Å²) in [5.74, 6) is 0.746. The molecule has 2 aromatic heterocycles. The molecule has 0 bridgehead atoms. The molecule has 0 atom stereocenters. The largest absolute Gasteiger partial charge is 0.472 e. The predicted molar refractivity (Wildman–Crippen MR) is 55.0 cm³/mol. The summed E-state index contributed by atoms with van der Waals surface area (Å²) in [7, 11) is 0. The van der Waals surface area contributed by atoms with Gasteiger partial charge in [0.1, 0.15) is 11.9 Å². The second-order valence-electron chi connectivity index (χ2n) is 3.03. The van der Waals surface area contributed by atoms with Crippen LogP contribution in [0.5, 0.6) is 0 Å². The second-order valence-corrected chi connectivity index (χ2v) is 3.03. The highest BCUT2D eigenvalue weighted by molar-refractivity contribution is 5.39. The van der Waals surface area contributed by atoms with E-state index in [9.17, 15) is 0 Å². The van der Waals surface area contributed by atoms with Crippen LogP contribution in [0, 0.1) is 11.3 Å². The van der Waals surface area contributed by atoms with Gasteiger partial charge in [-0.15, -0.1) is 0 Å². The minimum absolute atomic E-state index is 0.559. The maximum absolute atomic E-state index is 8.59. The summed E-state index contributed by atoms with van der Waals surface area (Å²) in [6, 6.07) is 7.41. The molecule has 0 unspecified atom stereocenters. The summed E-state index contributed by atoms with van der Waals surface area (Å²) in [4.78, 5) is 4.08. The number of aromatic nitrogens is 1. The first kappa shape index (κ1) is 9.28. The van der Waals surface area contributed by atoms with E-state index in [-0.39, 0.29) is 0 Å². The van der Waals surface area contributed by atoms with Gasteiger partial charge in [0, 0.05) is 18.3 Å². The number of nitrogens with one attached hydrogen (secondary N) is 1. The van der Waals surface area contributed by atoms with Crippen LogP contribution in [0.4, 0.5) is 5.82 Å². The average molecular weight is 199 g/mol. The van der Waals surface area contributed by atoms with Crippen molar-refractivity contribution in [2.24, 2.45) is 0 Å². The number of furan rings is 1. The van der Waals surface area contributed by atoms with Crippen molar-refractivity contribution in [1.82, 2.24) is 4.98 Å². The van der Waals surface area contributed by atoms with Gasteiger partial charge in [0.25, 0.3) is 0 Å². The molecule has 0 aliphatic carbocycles. The molecular weight excluding hydrogens is 190 g/mol. The summed E-state index contributed by atoms with van der Waals surface area (Å²) in [6.45, 7) is 0.662. The molecule has 1 N–H and O–H groups in total. The van der Waals surface area contributed by atoms with E-state index >= 15 is 0 Å². The summed E-state index contributed by atoms with van der Waals surface area (Å²) >= 11 is 0. The highest BCUT2D eigenvalue weighted by Crippen LogP contribution is 2.07. The molecule has 2 aromatic rings. The van der Waals surface area contributed by atoms with Crippen LogP contribution >= 0.6 is 0 Å². The summed E-state index contributed by atoms with van der Waals surface area (Å²) in [5.41, 5.74) is 1.62. The first-order valence-corrected chi connectivity index (χ1v) is 4.49. The molecule has 0 spiro atoms. The van der Waals surface area contributed by atoms with Crippen LogP contribution in [0.2, 0.25) is 0 Å². The SMILES string of the molecule is N#Cc1ccc(NCc2ccoc2)nc1.